The molecule has 0 saturated carbocycles. The van der Waals surface area contributed by atoms with Gasteiger partial charge in [0.05, 0.1) is 19.1 Å². The smallest absolute Gasteiger partial charge is 0.334 e. The molecule has 0 bridgehead atoms. The number of carbonyl (C=O) groups is 2. The van der Waals surface area contributed by atoms with Crippen molar-refractivity contribution in [2.75, 3.05) is 19.7 Å². The van der Waals surface area contributed by atoms with Crippen LogP contribution >= 0.6 is 0 Å². The van der Waals surface area contributed by atoms with Gasteiger partial charge in [-0.1, -0.05) is 12.2 Å². The molecule has 94 valence electrons. The van der Waals surface area contributed by atoms with Gasteiger partial charge in [0.15, 0.2) is 6.10 Å². The van der Waals surface area contributed by atoms with Crippen LogP contribution in [0.2, 0.25) is 0 Å². The fraction of sp³-hybridized carbons (Fsp3) is 0.636. The Hall–Kier alpha value is -1.40. The zero-order valence-electron chi connectivity index (χ0n) is 9.41. The van der Waals surface area contributed by atoms with Gasteiger partial charge in [0.2, 0.25) is 5.91 Å². The van der Waals surface area contributed by atoms with Gasteiger partial charge >= 0.3 is 5.97 Å². The van der Waals surface area contributed by atoms with Crippen molar-refractivity contribution in [2.24, 2.45) is 11.7 Å². The van der Waals surface area contributed by atoms with E-state index in [9.17, 15) is 9.59 Å². The molecule has 0 radical (unpaired) electrons. The largest absolute Gasteiger partial charge is 0.479 e. The molecule has 3 atom stereocenters. The monoisotopic (exact) mass is 240 g/mol. The van der Waals surface area contributed by atoms with Crippen molar-refractivity contribution in [3.8, 4) is 0 Å². The van der Waals surface area contributed by atoms with E-state index in [0.29, 0.717) is 13.0 Å². The summed E-state index contributed by atoms with van der Waals surface area (Å²) in [7, 11) is 0. The van der Waals surface area contributed by atoms with Gasteiger partial charge < -0.3 is 20.5 Å². The highest BCUT2D eigenvalue weighted by Gasteiger charge is 2.33. The lowest BCUT2D eigenvalue weighted by Gasteiger charge is -2.32. The van der Waals surface area contributed by atoms with E-state index in [1.165, 1.54) is 0 Å². The first-order valence-corrected chi connectivity index (χ1v) is 5.65. The second kappa shape index (κ2) is 4.85. The third kappa shape index (κ3) is 2.65. The number of carboxylic acid groups (broad SMARTS) is 1. The van der Waals surface area contributed by atoms with Crippen LogP contribution in [0.3, 0.4) is 0 Å². The number of nitrogens with zero attached hydrogens (tertiary/aromatic N) is 1. The lowest BCUT2D eigenvalue weighted by Crippen LogP contribution is -2.50. The Labute approximate surface area is 99.0 Å². The topological polar surface area (TPSA) is 92.9 Å². The summed E-state index contributed by atoms with van der Waals surface area (Å²) in [4.78, 5) is 24.4. The van der Waals surface area contributed by atoms with E-state index >= 15 is 0 Å². The minimum atomic E-state index is -1.03. The molecule has 1 fully saturated rings. The Morgan fingerprint density at radius 1 is 1.41 bits per heavy atom. The van der Waals surface area contributed by atoms with E-state index in [4.69, 9.17) is 15.6 Å². The number of nitrogens with two attached hydrogens (primary N) is 1. The normalized spacial score (nSPS) is 32.8. The van der Waals surface area contributed by atoms with Crippen LogP contribution in [0.25, 0.3) is 0 Å². The molecular weight excluding hydrogens is 224 g/mol. The molecule has 17 heavy (non-hydrogen) atoms. The Kier molecular flexibility index (Phi) is 3.44. The molecule has 0 spiro atoms. The molecule has 2 aliphatic rings. The minimum Gasteiger partial charge on any atom is -0.479 e. The third-order valence-corrected chi connectivity index (χ3v) is 3.09. The maximum Gasteiger partial charge on any atom is 0.334 e. The van der Waals surface area contributed by atoms with Crippen LogP contribution in [-0.4, -0.2) is 53.7 Å². The summed E-state index contributed by atoms with van der Waals surface area (Å²) in [6, 6.07) is -0.0692. The summed E-state index contributed by atoms with van der Waals surface area (Å²) in [6.07, 6.45) is 3.32. The first kappa shape index (κ1) is 12.1. The zero-order valence-corrected chi connectivity index (χ0v) is 9.41. The number of amides is 1. The van der Waals surface area contributed by atoms with Gasteiger partial charge in [-0.25, -0.2) is 4.79 Å². The van der Waals surface area contributed by atoms with Crippen molar-refractivity contribution in [3.05, 3.63) is 12.2 Å². The SMILES string of the molecule is NC1C=CC(C(=O)N2CCOC(C(=O)O)C2)C1. The molecule has 6 heteroatoms. The fourth-order valence-electron chi connectivity index (χ4n) is 2.14. The molecule has 1 amide bonds. The number of hydrogen-bond donors (Lipinski definition) is 2. The van der Waals surface area contributed by atoms with E-state index in [2.05, 4.69) is 0 Å². The quantitative estimate of drug-likeness (QED) is 0.616. The van der Waals surface area contributed by atoms with Gasteiger partial charge in [-0.3, -0.25) is 4.79 Å². The van der Waals surface area contributed by atoms with Crippen LogP contribution in [0.15, 0.2) is 12.2 Å². The van der Waals surface area contributed by atoms with Crippen molar-refractivity contribution in [2.45, 2.75) is 18.6 Å². The van der Waals surface area contributed by atoms with E-state index in [1.54, 1.807) is 11.0 Å². The predicted molar refractivity (Wildman–Crippen MR) is 59.2 cm³/mol. The maximum atomic E-state index is 12.1. The van der Waals surface area contributed by atoms with Gasteiger partial charge in [-0.05, 0) is 6.42 Å². The van der Waals surface area contributed by atoms with Crippen LogP contribution in [-0.2, 0) is 14.3 Å². The molecule has 6 nitrogen and oxygen atoms in total. The second-order valence-corrected chi connectivity index (χ2v) is 4.37. The molecule has 0 aromatic heterocycles. The molecule has 1 saturated heterocycles. The summed E-state index contributed by atoms with van der Waals surface area (Å²) in [5.41, 5.74) is 5.69. The number of rotatable bonds is 2. The van der Waals surface area contributed by atoms with Crippen LogP contribution in [0, 0.1) is 5.92 Å². The standard InChI is InChI=1S/C11H16N2O4/c12-8-2-1-7(5-8)10(14)13-3-4-17-9(6-13)11(15)16/h1-2,7-9H,3-6,12H2,(H,15,16). The highest BCUT2D eigenvalue weighted by Crippen LogP contribution is 2.20. The molecule has 1 aliphatic carbocycles. The third-order valence-electron chi connectivity index (χ3n) is 3.09. The van der Waals surface area contributed by atoms with E-state index in [0.717, 1.165) is 0 Å². The Morgan fingerprint density at radius 2 is 2.18 bits per heavy atom. The number of hydrogen-bond acceptors (Lipinski definition) is 4. The summed E-state index contributed by atoms with van der Waals surface area (Å²) in [6.45, 7) is 0.834. The Bertz CT molecular complexity index is 355. The lowest BCUT2D eigenvalue weighted by molar-refractivity contribution is -0.160. The van der Waals surface area contributed by atoms with Crippen molar-refractivity contribution in [1.82, 2.24) is 4.90 Å². The number of aliphatic carboxylic acids is 1. The van der Waals surface area contributed by atoms with Crippen molar-refractivity contribution < 1.29 is 19.4 Å². The molecular formula is C11H16N2O4. The van der Waals surface area contributed by atoms with E-state index < -0.39 is 12.1 Å². The predicted octanol–water partition coefficient (Wildman–Crippen LogP) is -0.798. The van der Waals surface area contributed by atoms with Crippen molar-refractivity contribution in [3.63, 3.8) is 0 Å². The molecule has 0 aromatic carbocycles. The molecule has 3 unspecified atom stereocenters. The first-order valence-electron chi connectivity index (χ1n) is 5.65. The Morgan fingerprint density at radius 3 is 2.76 bits per heavy atom. The summed E-state index contributed by atoms with van der Waals surface area (Å²) in [5.74, 6) is -1.29. The summed E-state index contributed by atoms with van der Waals surface area (Å²) >= 11 is 0. The minimum absolute atomic E-state index is 0.0521. The van der Waals surface area contributed by atoms with E-state index in [-0.39, 0.29) is 31.0 Å². The van der Waals surface area contributed by atoms with Gasteiger partial charge in [0.1, 0.15) is 0 Å². The number of morpholine rings is 1. The van der Waals surface area contributed by atoms with Crippen LogP contribution < -0.4 is 5.73 Å². The van der Waals surface area contributed by atoms with Crippen molar-refractivity contribution >= 4 is 11.9 Å². The van der Waals surface area contributed by atoms with Gasteiger partial charge in [0.25, 0.3) is 0 Å². The maximum absolute atomic E-state index is 12.1. The number of carboxylic acids is 1. The highest BCUT2D eigenvalue weighted by molar-refractivity contribution is 5.82. The van der Waals surface area contributed by atoms with Gasteiger partial charge in [0, 0.05) is 12.6 Å². The van der Waals surface area contributed by atoms with Crippen LogP contribution in [0.1, 0.15) is 6.42 Å². The lowest BCUT2D eigenvalue weighted by atomic mass is 10.1. The van der Waals surface area contributed by atoms with Crippen molar-refractivity contribution in [1.29, 1.82) is 0 Å². The second-order valence-electron chi connectivity index (χ2n) is 4.37. The molecule has 0 aromatic rings. The zero-order chi connectivity index (χ0) is 12.4. The summed E-state index contributed by atoms with van der Waals surface area (Å²) < 4.78 is 5.07. The average molecular weight is 240 g/mol. The van der Waals surface area contributed by atoms with E-state index in [1.807, 2.05) is 6.08 Å². The molecule has 1 heterocycles. The number of ether oxygens (including phenoxy) is 1. The Balaban J connectivity index is 1.95. The summed E-state index contributed by atoms with van der Waals surface area (Å²) in [5, 5.41) is 8.85. The van der Waals surface area contributed by atoms with Gasteiger partial charge in [-0.15, -0.1) is 0 Å². The van der Waals surface area contributed by atoms with Gasteiger partial charge in [-0.2, -0.15) is 0 Å². The molecule has 1 aliphatic heterocycles. The first-order chi connectivity index (χ1) is 8.08. The molecule has 3 N–H and O–H groups in total. The molecule has 2 rings (SSSR count). The van der Waals surface area contributed by atoms with Crippen LogP contribution in [0.4, 0.5) is 0 Å². The fourth-order valence-corrected chi connectivity index (χ4v) is 2.14. The highest BCUT2D eigenvalue weighted by atomic mass is 16.5. The van der Waals surface area contributed by atoms with Crippen LogP contribution in [0.5, 0.6) is 0 Å². The average Bonchev–Trinajstić information content (AvgIpc) is 2.75. The number of carbonyl (C=O) groups excluding carboxylic acids is 1.